The Morgan fingerprint density at radius 3 is 2.88 bits per heavy atom. The highest BCUT2D eigenvalue weighted by Gasteiger charge is 2.32. The monoisotopic (exact) mass is 236 g/mol. The molecule has 1 aromatic carbocycles. The first-order valence-electron chi connectivity index (χ1n) is 5.14. The number of hydrogen-bond donors (Lipinski definition) is 3. The van der Waals surface area contributed by atoms with Crippen molar-refractivity contribution in [3.05, 3.63) is 24.3 Å². The Morgan fingerprint density at radius 1 is 1.47 bits per heavy atom. The smallest absolute Gasteiger partial charge is 0.405 e. The summed E-state index contributed by atoms with van der Waals surface area (Å²) in [5.74, 6) is 0.105. The molecule has 2 rings (SSSR count). The van der Waals surface area contributed by atoms with Gasteiger partial charge in [0.2, 0.25) is 0 Å². The maximum Gasteiger partial charge on any atom is 0.405 e. The molecular formula is C11H12N2O4. The van der Waals surface area contributed by atoms with Gasteiger partial charge < -0.3 is 20.5 Å². The summed E-state index contributed by atoms with van der Waals surface area (Å²) < 4.78 is 5.53. The van der Waals surface area contributed by atoms with Crippen LogP contribution >= 0.6 is 0 Å². The Morgan fingerprint density at radius 2 is 2.18 bits per heavy atom. The van der Waals surface area contributed by atoms with E-state index in [4.69, 9.17) is 9.84 Å². The molecule has 0 bridgehead atoms. The van der Waals surface area contributed by atoms with Crippen LogP contribution < -0.4 is 15.4 Å². The molecule has 17 heavy (non-hydrogen) atoms. The minimum Gasteiger partial charge on any atom is -0.486 e. The van der Waals surface area contributed by atoms with Crippen LogP contribution in [0.1, 0.15) is 6.92 Å². The summed E-state index contributed by atoms with van der Waals surface area (Å²) in [5.41, 5.74) is 0.541. The molecule has 1 aromatic rings. The highest BCUT2D eigenvalue weighted by Crippen LogP contribution is 2.28. The number of hydrogen-bond acceptors (Lipinski definition) is 3. The molecule has 1 heterocycles. The number of anilines is 1. The second-order valence-electron chi connectivity index (χ2n) is 3.74. The zero-order chi connectivity index (χ0) is 12.4. The molecule has 0 unspecified atom stereocenters. The fraction of sp³-hybridized carbons (Fsp3) is 0.273. The number of carbonyl (C=O) groups excluding carboxylic acids is 1. The Bertz CT molecular complexity index is 461. The van der Waals surface area contributed by atoms with Crippen molar-refractivity contribution in [2.24, 2.45) is 0 Å². The van der Waals surface area contributed by atoms with Crippen LogP contribution in [-0.2, 0) is 4.79 Å². The van der Waals surface area contributed by atoms with E-state index in [1.807, 2.05) is 0 Å². The number of nitrogens with one attached hydrogen (secondary N) is 2. The molecule has 6 nitrogen and oxygen atoms in total. The summed E-state index contributed by atoms with van der Waals surface area (Å²) in [7, 11) is 0. The van der Waals surface area contributed by atoms with Crippen LogP contribution in [0.4, 0.5) is 10.5 Å². The van der Waals surface area contributed by atoms with Crippen LogP contribution in [0.5, 0.6) is 5.75 Å². The van der Waals surface area contributed by atoms with Crippen LogP contribution in [0.2, 0.25) is 0 Å². The molecule has 0 aliphatic carbocycles. The Labute approximate surface area is 97.6 Å². The van der Waals surface area contributed by atoms with Gasteiger partial charge in [0.25, 0.3) is 5.91 Å². The van der Waals surface area contributed by atoms with E-state index in [9.17, 15) is 9.59 Å². The van der Waals surface area contributed by atoms with Gasteiger partial charge in [-0.25, -0.2) is 4.79 Å². The van der Waals surface area contributed by atoms with Crippen molar-refractivity contribution in [1.82, 2.24) is 5.32 Å². The molecule has 0 aromatic heterocycles. The highest BCUT2D eigenvalue weighted by molar-refractivity contribution is 5.98. The lowest BCUT2D eigenvalue weighted by Gasteiger charge is -2.19. The van der Waals surface area contributed by atoms with E-state index in [2.05, 4.69) is 10.6 Å². The molecule has 3 N–H and O–H groups in total. The molecule has 0 fully saturated rings. The van der Waals surface area contributed by atoms with Gasteiger partial charge in [-0.1, -0.05) is 12.1 Å². The van der Waals surface area contributed by atoms with Crippen molar-refractivity contribution in [2.45, 2.75) is 19.1 Å². The summed E-state index contributed by atoms with van der Waals surface area (Å²) in [6.07, 6.45) is -1.83. The van der Waals surface area contributed by atoms with Crippen molar-refractivity contribution in [3.63, 3.8) is 0 Å². The van der Waals surface area contributed by atoms with E-state index in [0.717, 1.165) is 0 Å². The van der Waals surface area contributed by atoms with Gasteiger partial charge in [-0.3, -0.25) is 4.79 Å². The zero-order valence-electron chi connectivity index (χ0n) is 9.14. The number of carbonyl (C=O) groups is 2. The highest BCUT2D eigenvalue weighted by atomic mass is 16.5. The minimum absolute atomic E-state index is 0.426. The average Bonchev–Trinajstić information content (AvgIpc) is 2.38. The molecule has 90 valence electrons. The van der Waals surface area contributed by atoms with E-state index >= 15 is 0 Å². The van der Waals surface area contributed by atoms with Gasteiger partial charge in [0.05, 0.1) is 5.69 Å². The SMILES string of the molecule is C[C@@H]1Oc2ccccc2NC(=O)[C@H]1NC(=O)O. The normalized spacial score (nSPS) is 22.8. The average molecular weight is 236 g/mol. The molecule has 6 heteroatoms. The lowest BCUT2D eigenvalue weighted by molar-refractivity contribution is -0.119. The van der Waals surface area contributed by atoms with Crippen LogP contribution in [-0.4, -0.2) is 29.3 Å². The molecule has 2 atom stereocenters. The largest absolute Gasteiger partial charge is 0.486 e. The van der Waals surface area contributed by atoms with Gasteiger partial charge in [0.1, 0.15) is 17.9 Å². The lowest BCUT2D eigenvalue weighted by Crippen LogP contribution is -2.50. The number of fused-ring (bicyclic) bond motifs is 1. The molecule has 1 aliphatic rings. The third-order valence-corrected chi connectivity index (χ3v) is 2.49. The number of amides is 2. The number of para-hydroxylation sites is 2. The van der Waals surface area contributed by atoms with Crippen molar-refractivity contribution in [2.75, 3.05) is 5.32 Å². The Balaban J connectivity index is 2.28. The molecular weight excluding hydrogens is 224 g/mol. The molecule has 0 spiro atoms. The molecule has 0 radical (unpaired) electrons. The van der Waals surface area contributed by atoms with Gasteiger partial charge in [-0.05, 0) is 19.1 Å². The Hall–Kier alpha value is -2.24. The zero-order valence-corrected chi connectivity index (χ0v) is 9.14. The predicted octanol–water partition coefficient (Wildman–Crippen LogP) is 1.04. The van der Waals surface area contributed by atoms with Gasteiger partial charge in [0, 0.05) is 0 Å². The van der Waals surface area contributed by atoms with Crippen molar-refractivity contribution < 1.29 is 19.4 Å². The summed E-state index contributed by atoms with van der Waals surface area (Å²) >= 11 is 0. The maximum atomic E-state index is 11.8. The first kappa shape index (κ1) is 11.3. The third kappa shape index (κ3) is 2.30. The van der Waals surface area contributed by atoms with Crippen LogP contribution in [0.3, 0.4) is 0 Å². The van der Waals surface area contributed by atoms with E-state index in [1.165, 1.54) is 0 Å². The number of ether oxygens (including phenoxy) is 1. The molecule has 1 aliphatic heterocycles. The fourth-order valence-corrected chi connectivity index (χ4v) is 1.68. The molecule has 2 amide bonds. The van der Waals surface area contributed by atoms with Gasteiger partial charge in [-0.2, -0.15) is 0 Å². The second-order valence-corrected chi connectivity index (χ2v) is 3.74. The van der Waals surface area contributed by atoms with Crippen LogP contribution in [0, 0.1) is 0 Å². The molecule has 0 saturated heterocycles. The summed E-state index contributed by atoms with van der Waals surface area (Å²) in [6.45, 7) is 1.64. The van der Waals surface area contributed by atoms with E-state index in [1.54, 1.807) is 31.2 Å². The predicted molar refractivity (Wildman–Crippen MR) is 60.1 cm³/mol. The second kappa shape index (κ2) is 4.32. The lowest BCUT2D eigenvalue weighted by atomic mass is 10.2. The van der Waals surface area contributed by atoms with Crippen LogP contribution in [0.15, 0.2) is 24.3 Å². The summed E-state index contributed by atoms with van der Waals surface area (Å²) in [6, 6.07) is 6.03. The van der Waals surface area contributed by atoms with E-state index < -0.39 is 24.1 Å². The van der Waals surface area contributed by atoms with E-state index in [-0.39, 0.29) is 0 Å². The number of rotatable bonds is 1. The van der Waals surface area contributed by atoms with Gasteiger partial charge in [0.15, 0.2) is 0 Å². The van der Waals surface area contributed by atoms with Crippen molar-refractivity contribution in [1.29, 1.82) is 0 Å². The fourth-order valence-electron chi connectivity index (χ4n) is 1.68. The van der Waals surface area contributed by atoms with Gasteiger partial charge >= 0.3 is 6.09 Å². The molecule has 0 saturated carbocycles. The van der Waals surface area contributed by atoms with E-state index in [0.29, 0.717) is 11.4 Å². The minimum atomic E-state index is -1.26. The first-order valence-corrected chi connectivity index (χ1v) is 5.14. The quantitative estimate of drug-likeness (QED) is 0.679. The first-order chi connectivity index (χ1) is 8.08. The maximum absolute atomic E-state index is 11.8. The standard InChI is InChI=1S/C11H12N2O4/c1-6-9(13-11(15)16)10(14)12-7-4-2-3-5-8(7)17-6/h2-6,9,13H,1H3,(H,12,14)(H,15,16)/t6-,9-/m0/s1. The number of benzene rings is 1. The Kier molecular flexibility index (Phi) is 2.86. The summed E-state index contributed by atoms with van der Waals surface area (Å²) in [4.78, 5) is 22.4. The summed E-state index contributed by atoms with van der Waals surface area (Å²) in [5, 5.41) is 13.4. The van der Waals surface area contributed by atoms with Crippen molar-refractivity contribution >= 4 is 17.7 Å². The van der Waals surface area contributed by atoms with Crippen molar-refractivity contribution in [3.8, 4) is 5.75 Å². The topological polar surface area (TPSA) is 87.7 Å². The number of carboxylic acid groups (broad SMARTS) is 1. The third-order valence-electron chi connectivity index (χ3n) is 2.49. The van der Waals surface area contributed by atoms with Gasteiger partial charge in [-0.15, -0.1) is 0 Å². The van der Waals surface area contributed by atoms with Crippen LogP contribution in [0.25, 0.3) is 0 Å².